The number of halogens is 1. The van der Waals surface area contributed by atoms with E-state index in [0.717, 1.165) is 0 Å². The number of carbonyl (C=O) groups excluding carboxylic acids is 1. The molecule has 0 bridgehead atoms. The Morgan fingerprint density at radius 3 is 2.38 bits per heavy atom. The second-order valence-electron chi connectivity index (χ2n) is 2.43. The van der Waals surface area contributed by atoms with Gasteiger partial charge in [0.15, 0.2) is 0 Å². The quantitative estimate of drug-likeness (QED) is 0.719. The topological polar surface area (TPSA) is 63.2 Å². The summed E-state index contributed by atoms with van der Waals surface area (Å²) in [4.78, 5) is 11.1. The molecule has 1 amide bonds. The van der Waals surface area contributed by atoms with Crippen molar-refractivity contribution < 1.29 is 13.2 Å². The molecule has 0 atom stereocenters. The van der Waals surface area contributed by atoms with Gasteiger partial charge in [0.25, 0.3) is 15.9 Å². The molecule has 0 fully saturated rings. The Morgan fingerprint density at radius 1 is 1.15 bits per heavy atom. The van der Waals surface area contributed by atoms with Crippen LogP contribution in [0.25, 0.3) is 0 Å². The molecular formula is C7H6INO3S. The van der Waals surface area contributed by atoms with Crippen LogP contribution in [0.15, 0.2) is 29.2 Å². The molecule has 6 heteroatoms. The van der Waals surface area contributed by atoms with Crippen molar-refractivity contribution in [2.75, 3.05) is 0 Å². The van der Waals surface area contributed by atoms with Gasteiger partial charge >= 0.3 is 0 Å². The van der Waals surface area contributed by atoms with Crippen molar-refractivity contribution in [3.8, 4) is 0 Å². The van der Waals surface area contributed by atoms with E-state index in [1.807, 2.05) is 4.72 Å². The number of rotatable bonds is 0. The van der Waals surface area contributed by atoms with Crippen LogP contribution in [0.3, 0.4) is 0 Å². The first-order chi connectivity index (χ1) is 5.61. The first-order valence-electron chi connectivity index (χ1n) is 3.27. The zero-order valence-electron chi connectivity index (χ0n) is 6.35. The van der Waals surface area contributed by atoms with Gasteiger partial charge in [-0.15, -0.1) is 24.0 Å². The van der Waals surface area contributed by atoms with Crippen LogP contribution in [-0.4, -0.2) is 14.3 Å². The summed E-state index contributed by atoms with van der Waals surface area (Å²) in [5.41, 5.74) is 0.220. The summed E-state index contributed by atoms with van der Waals surface area (Å²) in [6.07, 6.45) is 0. The third-order valence-electron chi connectivity index (χ3n) is 1.65. The number of sulfonamides is 1. The maximum absolute atomic E-state index is 11.1. The van der Waals surface area contributed by atoms with Gasteiger partial charge in [0.05, 0.1) is 5.56 Å². The maximum Gasteiger partial charge on any atom is 0.266 e. The Balaban J connectivity index is 0.000000845. The van der Waals surface area contributed by atoms with E-state index in [1.165, 1.54) is 12.1 Å². The van der Waals surface area contributed by atoms with E-state index in [4.69, 9.17) is 0 Å². The Labute approximate surface area is 92.4 Å². The molecule has 0 aromatic heterocycles. The van der Waals surface area contributed by atoms with Gasteiger partial charge < -0.3 is 0 Å². The normalized spacial score (nSPS) is 17.1. The molecular weight excluding hydrogens is 305 g/mol. The van der Waals surface area contributed by atoms with E-state index in [1.54, 1.807) is 12.1 Å². The van der Waals surface area contributed by atoms with Crippen LogP contribution in [0.1, 0.15) is 10.4 Å². The molecule has 0 radical (unpaired) electrons. The van der Waals surface area contributed by atoms with Crippen LogP contribution >= 0.6 is 24.0 Å². The van der Waals surface area contributed by atoms with Crippen LogP contribution in [0.4, 0.5) is 0 Å². The highest BCUT2D eigenvalue weighted by Crippen LogP contribution is 2.20. The smallest absolute Gasteiger partial charge is 0.266 e. The fourth-order valence-corrected chi connectivity index (χ4v) is 2.29. The number of nitrogens with one attached hydrogen (secondary N) is 1. The van der Waals surface area contributed by atoms with Gasteiger partial charge in [-0.25, -0.2) is 13.1 Å². The summed E-state index contributed by atoms with van der Waals surface area (Å²) >= 11 is 0. The van der Waals surface area contributed by atoms with Gasteiger partial charge in [0, 0.05) is 0 Å². The largest absolute Gasteiger partial charge is 0.268 e. The number of hydrogen-bond acceptors (Lipinski definition) is 3. The Hall–Kier alpha value is -0.630. The molecule has 1 heterocycles. The van der Waals surface area contributed by atoms with E-state index in [2.05, 4.69) is 0 Å². The summed E-state index contributed by atoms with van der Waals surface area (Å²) in [5.74, 6) is -0.550. The zero-order valence-corrected chi connectivity index (χ0v) is 9.50. The third-order valence-corrected chi connectivity index (χ3v) is 3.04. The summed E-state index contributed by atoms with van der Waals surface area (Å²) in [5, 5.41) is 0. The van der Waals surface area contributed by atoms with Crippen molar-refractivity contribution in [3.63, 3.8) is 0 Å². The monoisotopic (exact) mass is 311 g/mol. The SMILES string of the molecule is I.O=C1NS(=O)(=O)c2ccccc21. The average Bonchev–Trinajstić information content (AvgIpc) is 2.25. The van der Waals surface area contributed by atoms with Crippen molar-refractivity contribution >= 4 is 39.9 Å². The molecule has 0 saturated heterocycles. The van der Waals surface area contributed by atoms with Gasteiger partial charge in [-0.2, -0.15) is 0 Å². The van der Waals surface area contributed by atoms with E-state index < -0.39 is 15.9 Å². The Morgan fingerprint density at radius 2 is 1.77 bits per heavy atom. The van der Waals surface area contributed by atoms with Crippen molar-refractivity contribution in [2.45, 2.75) is 4.90 Å². The summed E-state index contributed by atoms with van der Waals surface area (Å²) in [6.45, 7) is 0. The minimum absolute atomic E-state index is 0. The van der Waals surface area contributed by atoms with Crippen LogP contribution in [0.5, 0.6) is 0 Å². The molecule has 0 spiro atoms. The van der Waals surface area contributed by atoms with Crippen LogP contribution < -0.4 is 4.72 Å². The highest BCUT2D eigenvalue weighted by molar-refractivity contribution is 14.0. The fraction of sp³-hybridized carbons (Fsp3) is 0. The molecule has 2 rings (SSSR count). The standard InChI is InChI=1S/C7H5NO3S.HI/c9-7-5-3-1-2-4-6(5)12(10,11)8-7;/h1-4H,(H,8,9);1H. The fourth-order valence-electron chi connectivity index (χ4n) is 1.12. The molecule has 0 aliphatic carbocycles. The highest BCUT2D eigenvalue weighted by atomic mass is 127. The number of amides is 1. The first kappa shape index (κ1) is 10.5. The maximum atomic E-state index is 11.1. The van der Waals surface area contributed by atoms with Gasteiger partial charge in [-0.05, 0) is 12.1 Å². The van der Waals surface area contributed by atoms with E-state index in [-0.39, 0.29) is 34.4 Å². The zero-order chi connectivity index (χ0) is 8.77. The van der Waals surface area contributed by atoms with Crippen LogP contribution in [0.2, 0.25) is 0 Å². The average molecular weight is 311 g/mol. The van der Waals surface area contributed by atoms with Gasteiger partial charge in [0.1, 0.15) is 4.90 Å². The lowest BCUT2D eigenvalue weighted by Gasteiger charge is -1.91. The number of hydrogen-bond donors (Lipinski definition) is 1. The van der Waals surface area contributed by atoms with Gasteiger partial charge in [0.2, 0.25) is 0 Å². The Kier molecular flexibility index (Phi) is 2.62. The van der Waals surface area contributed by atoms with Gasteiger partial charge in [-0.3, -0.25) is 4.79 Å². The molecule has 4 nitrogen and oxygen atoms in total. The summed E-state index contributed by atoms with van der Waals surface area (Å²) < 4.78 is 24.2. The first-order valence-corrected chi connectivity index (χ1v) is 4.76. The van der Waals surface area contributed by atoms with E-state index in [0.29, 0.717) is 0 Å². The summed E-state index contributed by atoms with van der Waals surface area (Å²) in [6, 6.07) is 6.09. The lowest BCUT2D eigenvalue weighted by molar-refractivity contribution is 0.0985. The minimum atomic E-state index is -3.55. The molecule has 1 N–H and O–H groups in total. The number of fused-ring (bicyclic) bond motifs is 1. The van der Waals surface area contributed by atoms with E-state index in [9.17, 15) is 13.2 Å². The van der Waals surface area contributed by atoms with E-state index >= 15 is 0 Å². The molecule has 1 aliphatic heterocycles. The second-order valence-corrected chi connectivity index (χ2v) is 4.08. The molecule has 13 heavy (non-hydrogen) atoms. The van der Waals surface area contributed by atoms with Crippen molar-refractivity contribution in [1.82, 2.24) is 4.72 Å². The molecule has 1 aromatic rings. The van der Waals surface area contributed by atoms with Crippen LogP contribution in [0, 0.1) is 0 Å². The van der Waals surface area contributed by atoms with Crippen molar-refractivity contribution in [2.24, 2.45) is 0 Å². The van der Waals surface area contributed by atoms with Gasteiger partial charge in [-0.1, -0.05) is 12.1 Å². The minimum Gasteiger partial charge on any atom is -0.268 e. The predicted octanol–water partition coefficient (Wildman–Crippen LogP) is 0.737. The molecule has 1 aliphatic rings. The lowest BCUT2D eigenvalue weighted by atomic mass is 10.2. The summed E-state index contributed by atoms with van der Waals surface area (Å²) in [7, 11) is -3.55. The highest BCUT2D eigenvalue weighted by Gasteiger charge is 2.31. The van der Waals surface area contributed by atoms with Crippen LogP contribution in [-0.2, 0) is 10.0 Å². The van der Waals surface area contributed by atoms with Crippen molar-refractivity contribution in [1.29, 1.82) is 0 Å². The second kappa shape index (κ2) is 3.26. The number of benzene rings is 1. The molecule has 70 valence electrons. The molecule has 1 aromatic carbocycles. The lowest BCUT2D eigenvalue weighted by Crippen LogP contribution is -2.20. The van der Waals surface area contributed by atoms with Crippen molar-refractivity contribution in [3.05, 3.63) is 29.8 Å². The predicted molar refractivity (Wildman–Crippen MR) is 56.5 cm³/mol. The Bertz CT molecular complexity index is 455. The number of carbonyl (C=O) groups is 1. The molecule has 0 saturated carbocycles. The molecule has 0 unspecified atom stereocenters. The third kappa shape index (κ3) is 1.55.